The van der Waals surface area contributed by atoms with Crippen LogP contribution >= 0.6 is 0 Å². The number of carboxylic acids is 1. The van der Waals surface area contributed by atoms with Crippen LogP contribution in [0.15, 0.2) is 18.2 Å². The smallest absolute Gasteiger partial charge is 0.335 e. The van der Waals surface area contributed by atoms with Gasteiger partial charge in [0.2, 0.25) is 5.91 Å². The number of nitrogens with one attached hydrogen (secondary N) is 1. The molecule has 0 aliphatic heterocycles. The summed E-state index contributed by atoms with van der Waals surface area (Å²) in [5.74, 6) is -1.04. The van der Waals surface area contributed by atoms with Gasteiger partial charge < -0.3 is 10.4 Å². The SMILES string of the molecule is CCCCCCC(=O)Nc1cc(C(=O)O)ccc1C. The number of hydrogen-bond acceptors (Lipinski definition) is 2. The summed E-state index contributed by atoms with van der Waals surface area (Å²) in [6.07, 6.45) is 4.69. The van der Waals surface area contributed by atoms with Crippen molar-refractivity contribution in [1.29, 1.82) is 0 Å². The topological polar surface area (TPSA) is 66.4 Å². The summed E-state index contributed by atoms with van der Waals surface area (Å²) < 4.78 is 0. The Morgan fingerprint density at radius 3 is 2.58 bits per heavy atom. The second-order valence-corrected chi connectivity index (χ2v) is 4.69. The molecule has 0 spiro atoms. The van der Waals surface area contributed by atoms with Crippen LogP contribution in [0.1, 0.15) is 54.9 Å². The van der Waals surface area contributed by atoms with E-state index in [1.165, 1.54) is 12.1 Å². The van der Waals surface area contributed by atoms with E-state index < -0.39 is 5.97 Å². The maximum Gasteiger partial charge on any atom is 0.335 e. The van der Waals surface area contributed by atoms with Crippen molar-refractivity contribution >= 4 is 17.6 Å². The summed E-state index contributed by atoms with van der Waals surface area (Å²) in [5, 5.41) is 11.7. The molecule has 0 aromatic heterocycles. The molecular formula is C15H21NO3. The van der Waals surface area contributed by atoms with Gasteiger partial charge in [-0.1, -0.05) is 32.3 Å². The van der Waals surface area contributed by atoms with E-state index in [0.29, 0.717) is 12.1 Å². The fourth-order valence-corrected chi connectivity index (χ4v) is 1.81. The Bertz CT molecular complexity index is 455. The molecular weight excluding hydrogens is 242 g/mol. The predicted octanol–water partition coefficient (Wildman–Crippen LogP) is 3.60. The molecule has 0 unspecified atom stereocenters. The van der Waals surface area contributed by atoms with Crippen LogP contribution in [0.3, 0.4) is 0 Å². The van der Waals surface area contributed by atoms with E-state index in [-0.39, 0.29) is 11.5 Å². The lowest BCUT2D eigenvalue weighted by molar-refractivity contribution is -0.116. The number of carboxylic acid groups (broad SMARTS) is 1. The highest BCUT2D eigenvalue weighted by Gasteiger charge is 2.08. The number of carbonyl (C=O) groups is 2. The van der Waals surface area contributed by atoms with Crippen molar-refractivity contribution in [3.8, 4) is 0 Å². The average Bonchev–Trinajstić information content (AvgIpc) is 2.37. The van der Waals surface area contributed by atoms with E-state index in [0.717, 1.165) is 31.2 Å². The first-order chi connectivity index (χ1) is 9.04. The molecule has 19 heavy (non-hydrogen) atoms. The second kappa shape index (κ2) is 7.56. The number of aryl methyl sites for hydroxylation is 1. The summed E-state index contributed by atoms with van der Waals surface area (Å²) >= 11 is 0. The first-order valence-corrected chi connectivity index (χ1v) is 6.68. The Kier molecular flexibility index (Phi) is 6.06. The van der Waals surface area contributed by atoms with Crippen LogP contribution < -0.4 is 5.32 Å². The second-order valence-electron chi connectivity index (χ2n) is 4.69. The zero-order valence-electron chi connectivity index (χ0n) is 11.5. The Morgan fingerprint density at radius 2 is 1.95 bits per heavy atom. The Labute approximate surface area is 113 Å². The van der Waals surface area contributed by atoms with Crippen molar-refractivity contribution in [3.63, 3.8) is 0 Å². The summed E-state index contributed by atoms with van der Waals surface area (Å²) in [5.41, 5.74) is 1.64. The van der Waals surface area contributed by atoms with Gasteiger partial charge in [-0.05, 0) is 31.0 Å². The van der Waals surface area contributed by atoms with E-state index >= 15 is 0 Å². The first kappa shape index (κ1) is 15.2. The van der Waals surface area contributed by atoms with Crippen LogP contribution in [-0.4, -0.2) is 17.0 Å². The molecule has 0 saturated heterocycles. The molecule has 0 aliphatic rings. The lowest BCUT2D eigenvalue weighted by atomic mass is 10.1. The average molecular weight is 263 g/mol. The number of carbonyl (C=O) groups excluding carboxylic acids is 1. The number of anilines is 1. The van der Waals surface area contributed by atoms with Crippen LogP contribution in [0.2, 0.25) is 0 Å². The molecule has 0 fully saturated rings. The third-order valence-electron chi connectivity index (χ3n) is 3.02. The minimum absolute atomic E-state index is 0.0539. The monoisotopic (exact) mass is 263 g/mol. The molecule has 2 N–H and O–H groups in total. The van der Waals surface area contributed by atoms with Gasteiger partial charge in [-0.2, -0.15) is 0 Å². The van der Waals surface area contributed by atoms with Gasteiger partial charge in [0.25, 0.3) is 0 Å². The van der Waals surface area contributed by atoms with Crippen LogP contribution in [-0.2, 0) is 4.79 Å². The maximum atomic E-state index is 11.8. The molecule has 104 valence electrons. The van der Waals surface area contributed by atoms with Gasteiger partial charge in [0, 0.05) is 12.1 Å². The molecule has 0 radical (unpaired) electrons. The highest BCUT2D eigenvalue weighted by molar-refractivity contribution is 5.94. The molecule has 0 aliphatic carbocycles. The fraction of sp³-hybridized carbons (Fsp3) is 0.467. The molecule has 0 atom stereocenters. The summed E-state index contributed by atoms with van der Waals surface area (Å²) in [7, 11) is 0. The molecule has 4 heteroatoms. The molecule has 4 nitrogen and oxygen atoms in total. The standard InChI is InChI=1S/C15H21NO3/c1-3-4-5-6-7-14(17)16-13-10-12(15(18)19)9-8-11(13)2/h8-10H,3-7H2,1-2H3,(H,16,17)(H,18,19). The number of benzene rings is 1. The summed E-state index contributed by atoms with van der Waals surface area (Å²) in [4.78, 5) is 22.6. The van der Waals surface area contributed by atoms with E-state index in [1.807, 2.05) is 6.92 Å². The minimum atomic E-state index is -0.988. The van der Waals surface area contributed by atoms with Crippen molar-refractivity contribution in [2.45, 2.75) is 46.0 Å². The largest absolute Gasteiger partial charge is 0.478 e. The predicted molar refractivity (Wildman–Crippen MR) is 75.5 cm³/mol. The van der Waals surface area contributed by atoms with Crippen molar-refractivity contribution < 1.29 is 14.7 Å². The molecule has 1 aromatic rings. The molecule has 0 bridgehead atoms. The fourth-order valence-electron chi connectivity index (χ4n) is 1.81. The number of rotatable bonds is 7. The van der Waals surface area contributed by atoms with E-state index in [1.54, 1.807) is 6.07 Å². The van der Waals surface area contributed by atoms with Crippen LogP contribution in [0, 0.1) is 6.92 Å². The van der Waals surface area contributed by atoms with E-state index in [2.05, 4.69) is 12.2 Å². The van der Waals surface area contributed by atoms with Gasteiger partial charge in [-0.25, -0.2) is 4.79 Å². The highest BCUT2D eigenvalue weighted by Crippen LogP contribution is 2.17. The quantitative estimate of drug-likeness (QED) is 0.738. The van der Waals surface area contributed by atoms with E-state index in [9.17, 15) is 9.59 Å². The Morgan fingerprint density at radius 1 is 1.21 bits per heavy atom. The van der Waals surface area contributed by atoms with E-state index in [4.69, 9.17) is 5.11 Å². The highest BCUT2D eigenvalue weighted by atomic mass is 16.4. The van der Waals surface area contributed by atoms with Gasteiger partial charge in [0.15, 0.2) is 0 Å². The van der Waals surface area contributed by atoms with Gasteiger partial charge in [0.1, 0.15) is 0 Å². The van der Waals surface area contributed by atoms with Gasteiger partial charge in [-0.15, -0.1) is 0 Å². The van der Waals surface area contributed by atoms with Gasteiger partial charge in [-0.3, -0.25) is 4.79 Å². The number of aromatic carboxylic acids is 1. The lowest BCUT2D eigenvalue weighted by Crippen LogP contribution is -2.12. The molecule has 1 aromatic carbocycles. The lowest BCUT2D eigenvalue weighted by Gasteiger charge is -2.09. The first-order valence-electron chi connectivity index (χ1n) is 6.68. The number of unbranched alkanes of at least 4 members (excludes halogenated alkanes) is 3. The van der Waals surface area contributed by atoms with Crippen molar-refractivity contribution in [2.75, 3.05) is 5.32 Å². The van der Waals surface area contributed by atoms with Crippen molar-refractivity contribution in [1.82, 2.24) is 0 Å². The van der Waals surface area contributed by atoms with Crippen LogP contribution in [0.25, 0.3) is 0 Å². The summed E-state index contributed by atoms with van der Waals surface area (Å²) in [6.45, 7) is 3.97. The zero-order valence-corrected chi connectivity index (χ0v) is 11.5. The minimum Gasteiger partial charge on any atom is -0.478 e. The van der Waals surface area contributed by atoms with Crippen LogP contribution in [0.5, 0.6) is 0 Å². The number of hydrogen-bond donors (Lipinski definition) is 2. The third-order valence-corrected chi connectivity index (χ3v) is 3.02. The van der Waals surface area contributed by atoms with Crippen molar-refractivity contribution in [3.05, 3.63) is 29.3 Å². The number of amides is 1. The summed E-state index contributed by atoms with van der Waals surface area (Å²) in [6, 6.07) is 4.74. The molecule has 1 amide bonds. The van der Waals surface area contributed by atoms with Crippen molar-refractivity contribution in [2.24, 2.45) is 0 Å². The maximum absolute atomic E-state index is 11.8. The van der Waals surface area contributed by atoms with Gasteiger partial charge >= 0.3 is 5.97 Å². The normalized spacial score (nSPS) is 10.2. The van der Waals surface area contributed by atoms with Crippen LogP contribution in [0.4, 0.5) is 5.69 Å². The molecule has 0 saturated carbocycles. The van der Waals surface area contributed by atoms with Gasteiger partial charge in [0.05, 0.1) is 5.56 Å². The molecule has 0 heterocycles. The Hall–Kier alpha value is -1.84. The Balaban J connectivity index is 2.58. The zero-order chi connectivity index (χ0) is 14.3. The third kappa shape index (κ3) is 5.12. The molecule has 1 rings (SSSR count).